The van der Waals surface area contributed by atoms with Gasteiger partial charge in [-0.1, -0.05) is 29.8 Å². The molecule has 0 aliphatic rings. The lowest BCUT2D eigenvalue weighted by Gasteiger charge is -2.15. The third-order valence-corrected chi connectivity index (χ3v) is 4.59. The highest BCUT2D eigenvalue weighted by atomic mass is 127. The normalized spacial score (nSPS) is 10.7. The van der Waals surface area contributed by atoms with Gasteiger partial charge in [0.1, 0.15) is 6.61 Å². The lowest BCUT2D eigenvalue weighted by Crippen LogP contribution is -2.31. The van der Waals surface area contributed by atoms with Crippen molar-refractivity contribution >= 4 is 46.1 Å². The van der Waals surface area contributed by atoms with E-state index in [1.54, 1.807) is 6.21 Å². The number of ether oxygens (including phenoxy) is 2. The standard InChI is InChI=1S/C20H24IN3O2S/c1-4-22-20(27)24-23-12-16-10-17(21)19(18(11-16)25-5-2)26-13-15-8-6-14(3)7-9-15/h6-12H,4-5,13H2,1-3H3,(H2,22,24,27). The summed E-state index contributed by atoms with van der Waals surface area (Å²) in [5, 5.41) is 7.63. The number of hydrazone groups is 1. The van der Waals surface area contributed by atoms with Crippen molar-refractivity contribution in [3.8, 4) is 11.5 Å². The summed E-state index contributed by atoms with van der Waals surface area (Å²) in [6, 6.07) is 12.2. The van der Waals surface area contributed by atoms with Crippen LogP contribution in [0.25, 0.3) is 0 Å². The lowest BCUT2D eigenvalue weighted by molar-refractivity contribution is 0.267. The van der Waals surface area contributed by atoms with Crippen LogP contribution in [0.3, 0.4) is 0 Å². The molecule has 5 nitrogen and oxygen atoms in total. The average molecular weight is 497 g/mol. The van der Waals surface area contributed by atoms with Gasteiger partial charge in [0.25, 0.3) is 0 Å². The molecule has 0 bridgehead atoms. The minimum absolute atomic E-state index is 0.488. The van der Waals surface area contributed by atoms with Gasteiger partial charge in [0.05, 0.1) is 16.4 Å². The Morgan fingerprint density at radius 1 is 1.19 bits per heavy atom. The summed E-state index contributed by atoms with van der Waals surface area (Å²) >= 11 is 7.34. The number of thiocarbonyl (C=S) groups is 1. The lowest BCUT2D eigenvalue weighted by atomic mass is 10.2. The van der Waals surface area contributed by atoms with E-state index in [1.165, 1.54) is 5.56 Å². The number of hydrogen-bond acceptors (Lipinski definition) is 4. The molecule has 0 atom stereocenters. The van der Waals surface area contributed by atoms with Crippen LogP contribution in [0, 0.1) is 10.5 Å². The van der Waals surface area contributed by atoms with E-state index in [0.717, 1.165) is 27.0 Å². The van der Waals surface area contributed by atoms with E-state index in [0.29, 0.717) is 24.1 Å². The Kier molecular flexibility index (Phi) is 8.80. The van der Waals surface area contributed by atoms with Crippen molar-refractivity contribution in [1.82, 2.24) is 10.7 Å². The molecule has 0 aliphatic heterocycles. The molecular formula is C20H24IN3O2S. The van der Waals surface area contributed by atoms with Crippen molar-refractivity contribution in [3.05, 3.63) is 56.7 Å². The van der Waals surface area contributed by atoms with Crippen molar-refractivity contribution in [2.75, 3.05) is 13.2 Å². The summed E-state index contributed by atoms with van der Waals surface area (Å²) in [5.41, 5.74) is 6.03. The fourth-order valence-corrected chi connectivity index (χ4v) is 3.25. The van der Waals surface area contributed by atoms with Gasteiger partial charge in [-0.25, -0.2) is 0 Å². The fraction of sp³-hybridized carbons (Fsp3) is 0.300. The highest BCUT2D eigenvalue weighted by molar-refractivity contribution is 14.1. The second-order valence-electron chi connectivity index (χ2n) is 5.77. The SMILES string of the molecule is CCNC(=S)NN=Cc1cc(I)c(OCc2ccc(C)cc2)c(OCC)c1. The molecule has 0 aromatic heterocycles. The van der Waals surface area contributed by atoms with Gasteiger partial charge in [-0.3, -0.25) is 5.43 Å². The van der Waals surface area contributed by atoms with Crippen LogP contribution in [0.1, 0.15) is 30.5 Å². The molecule has 0 spiro atoms. The van der Waals surface area contributed by atoms with Crippen LogP contribution in [0.2, 0.25) is 0 Å². The summed E-state index contributed by atoms with van der Waals surface area (Å²) in [6.45, 7) is 7.79. The molecule has 2 aromatic rings. The maximum absolute atomic E-state index is 6.05. The number of nitrogens with one attached hydrogen (secondary N) is 2. The third-order valence-electron chi connectivity index (χ3n) is 3.55. The van der Waals surface area contributed by atoms with Gasteiger partial charge in [0.2, 0.25) is 0 Å². The molecule has 0 saturated carbocycles. The van der Waals surface area contributed by atoms with Crippen LogP contribution in [-0.4, -0.2) is 24.5 Å². The second-order valence-corrected chi connectivity index (χ2v) is 7.34. The van der Waals surface area contributed by atoms with Crippen molar-refractivity contribution in [1.29, 1.82) is 0 Å². The van der Waals surface area contributed by atoms with Gasteiger partial charge in [0, 0.05) is 6.54 Å². The van der Waals surface area contributed by atoms with E-state index in [-0.39, 0.29) is 0 Å². The van der Waals surface area contributed by atoms with Crippen molar-refractivity contribution in [3.63, 3.8) is 0 Å². The molecular weight excluding hydrogens is 473 g/mol. The van der Waals surface area contributed by atoms with Gasteiger partial charge in [-0.15, -0.1) is 0 Å². The first-order valence-electron chi connectivity index (χ1n) is 8.75. The molecule has 27 heavy (non-hydrogen) atoms. The van der Waals surface area contributed by atoms with Crippen molar-refractivity contribution in [2.24, 2.45) is 5.10 Å². The molecule has 0 radical (unpaired) electrons. The summed E-state index contributed by atoms with van der Waals surface area (Å²) < 4.78 is 12.8. The molecule has 2 rings (SSSR count). The summed E-state index contributed by atoms with van der Waals surface area (Å²) in [7, 11) is 0. The predicted octanol–water partition coefficient (Wildman–Crippen LogP) is 4.40. The Labute approximate surface area is 179 Å². The molecule has 0 heterocycles. The molecule has 7 heteroatoms. The number of halogens is 1. The zero-order valence-electron chi connectivity index (χ0n) is 15.7. The topological polar surface area (TPSA) is 54.9 Å². The second kappa shape index (κ2) is 11.1. The number of hydrogen-bond donors (Lipinski definition) is 2. The Hall–Kier alpha value is -1.87. The quantitative estimate of drug-likeness (QED) is 0.245. The first-order valence-corrected chi connectivity index (χ1v) is 10.2. The number of benzene rings is 2. The van der Waals surface area contributed by atoms with Crippen LogP contribution in [0.4, 0.5) is 0 Å². The molecule has 0 unspecified atom stereocenters. The van der Waals surface area contributed by atoms with Crippen molar-refractivity contribution in [2.45, 2.75) is 27.4 Å². The van der Waals surface area contributed by atoms with E-state index in [9.17, 15) is 0 Å². The smallest absolute Gasteiger partial charge is 0.186 e. The zero-order valence-corrected chi connectivity index (χ0v) is 18.7. The predicted molar refractivity (Wildman–Crippen MR) is 123 cm³/mol. The zero-order chi connectivity index (χ0) is 19.6. The van der Waals surface area contributed by atoms with Gasteiger partial charge < -0.3 is 14.8 Å². The molecule has 2 N–H and O–H groups in total. The molecule has 0 aliphatic carbocycles. The largest absolute Gasteiger partial charge is 0.490 e. The number of nitrogens with zero attached hydrogens (tertiary/aromatic N) is 1. The van der Waals surface area contributed by atoms with Crippen LogP contribution in [0.15, 0.2) is 41.5 Å². The Balaban J connectivity index is 2.13. The van der Waals surface area contributed by atoms with Gasteiger partial charge in [-0.2, -0.15) is 5.10 Å². The Morgan fingerprint density at radius 3 is 2.59 bits per heavy atom. The van der Waals surface area contributed by atoms with E-state index in [1.807, 2.05) is 26.0 Å². The van der Waals surface area contributed by atoms with E-state index in [4.69, 9.17) is 21.7 Å². The van der Waals surface area contributed by atoms with Crippen LogP contribution in [-0.2, 0) is 6.61 Å². The molecule has 0 fully saturated rings. The van der Waals surface area contributed by atoms with Gasteiger partial charge >= 0.3 is 0 Å². The fourth-order valence-electron chi connectivity index (χ4n) is 2.27. The monoisotopic (exact) mass is 497 g/mol. The summed E-state index contributed by atoms with van der Waals surface area (Å²) in [5.74, 6) is 1.44. The first kappa shape index (κ1) is 21.4. The maximum atomic E-state index is 6.05. The third kappa shape index (κ3) is 6.99. The van der Waals surface area contributed by atoms with E-state index >= 15 is 0 Å². The molecule has 144 valence electrons. The van der Waals surface area contributed by atoms with Crippen LogP contribution in [0.5, 0.6) is 11.5 Å². The molecule has 0 amide bonds. The number of rotatable bonds is 8. The minimum atomic E-state index is 0.488. The molecule has 2 aromatic carbocycles. The van der Waals surface area contributed by atoms with Gasteiger partial charge in [-0.05, 0) is 78.8 Å². The summed E-state index contributed by atoms with van der Waals surface area (Å²) in [6.07, 6.45) is 1.71. The summed E-state index contributed by atoms with van der Waals surface area (Å²) in [4.78, 5) is 0. The highest BCUT2D eigenvalue weighted by Gasteiger charge is 2.12. The Bertz CT molecular complexity index is 795. The number of aryl methyl sites for hydroxylation is 1. The van der Waals surface area contributed by atoms with Crippen LogP contribution >= 0.6 is 34.8 Å². The van der Waals surface area contributed by atoms with Gasteiger partial charge in [0.15, 0.2) is 16.6 Å². The van der Waals surface area contributed by atoms with Crippen molar-refractivity contribution < 1.29 is 9.47 Å². The first-order chi connectivity index (χ1) is 13.0. The van der Waals surface area contributed by atoms with E-state index < -0.39 is 0 Å². The van der Waals surface area contributed by atoms with E-state index in [2.05, 4.69) is 69.6 Å². The Morgan fingerprint density at radius 2 is 1.93 bits per heavy atom. The maximum Gasteiger partial charge on any atom is 0.186 e. The minimum Gasteiger partial charge on any atom is -0.490 e. The average Bonchev–Trinajstić information content (AvgIpc) is 2.63. The molecule has 0 saturated heterocycles. The van der Waals surface area contributed by atoms with Crippen LogP contribution < -0.4 is 20.2 Å². The highest BCUT2D eigenvalue weighted by Crippen LogP contribution is 2.34.